The molecular weight excluding hydrogens is 332 g/mol. The summed E-state index contributed by atoms with van der Waals surface area (Å²) in [6, 6.07) is 5.66. The summed E-state index contributed by atoms with van der Waals surface area (Å²) >= 11 is 0. The molecule has 0 radical (unpaired) electrons. The van der Waals surface area contributed by atoms with Gasteiger partial charge >= 0.3 is 0 Å². The van der Waals surface area contributed by atoms with Gasteiger partial charge in [0.2, 0.25) is 0 Å². The summed E-state index contributed by atoms with van der Waals surface area (Å²) in [6.45, 7) is 0. The lowest BCUT2D eigenvalue weighted by atomic mass is 9.90. The highest BCUT2D eigenvalue weighted by atomic mass is 32.3. The minimum absolute atomic E-state index is 0.212. The average Bonchev–Trinajstić information content (AvgIpc) is 2.37. The molecule has 0 heterocycles. The second-order valence-corrected chi connectivity index (χ2v) is 8.33. The molecule has 0 aliphatic heterocycles. The molecule has 10 heteroatoms. The van der Waals surface area contributed by atoms with Gasteiger partial charge in [0.15, 0.2) is 0 Å². The molecular formula is C12H14N2O6S2. The Bertz CT molecular complexity index is 821. The molecule has 1 aromatic rings. The molecule has 22 heavy (non-hydrogen) atoms. The van der Waals surface area contributed by atoms with E-state index in [-0.39, 0.29) is 11.3 Å². The van der Waals surface area contributed by atoms with Gasteiger partial charge in [-0.15, -0.1) is 0 Å². The number of anilines is 1. The third-order valence-electron chi connectivity index (χ3n) is 3.38. The number of nitrogen functional groups attached to an aromatic ring is 1. The first-order valence-corrected chi connectivity index (χ1v) is 8.83. The van der Waals surface area contributed by atoms with Crippen molar-refractivity contribution in [3.8, 4) is 0 Å². The topological polar surface area (TPSA) is 161 Å². The van der Waals surface area contributed by atoms with Crippen molar-refractivity contribution in [2.24, 2.45) is 5.73 Å². The first-order chi connectivity index (χ1) is 9.99. The normalized spacial score (nSPS) is 21.4. The first kappa shape index (κ1) is 16.5. The van der Waals surface area contributed by atoms with Crippen molar-refractivity contribution in [2.45, 2.75) is 10.00 Å². The van der Waals surface area contributed by atoms with Crippen LogP contribution < -0.4 is 11.5 Å². The lowest BCUT2D eigenvalue weighted by Crippen LogP contribution is -2.50. The molecule has 1 aliphatic rings. The summed E-state index contributed by atoms with van der Waals surface area (Å²) in [7, 11) is -10.5. The summed E-state index contributed by atoms with van der Waals surface area (Å²) in [5.74, 6) is -1.40. The minimum Gasteiger partial charge on any atom is -0.399 e. The maximum Gasteiger partial charge on any atom is 0.292 e. The fraction of sp³-hybridized carbons (Fsp3) is 0.167. The van der Waals surface area contributed by atoms with E-state index >= 15 is 0 Å². The highest BCUT2D eigenvalue weighted by Crippen LogP contribution is 2.43. The fourth-order valence-electron chi connectivity index (χ4n) is 2.36. The van der Waals surface area contributed by atoms with E-state index in [9.17, 15) is 25.9 Å². The monoisotopic (exact) mass is 346 g/mol. The fourth-order valence-corrected chi connectivity index (χ4v) is 5.07. The number of hydrogen-bond acceptors (Lipinski definition) is 6. The van der Waals surface area contributed by atoms with Crippen LogP contribution in [0.5, 0.6) is 0 Å². The van der Waals surface area contributed by atoms with Crippen molar-refractivity contribution in [2.75, 3.05) is 5.73 Å². The van der Waals surface area contributed by atoms with Crippen LogP contribution >= 0.6 is 0 Å². The van der Waals surface area contributed by atoms with Crippen molar-refractivity contribution in [1.29, 1.82) is 0 Å². The van der Waals surface area contributed by atoms with Gasteiger partial charge in [-0.3, -0.25) is 9.11 Å². The largest absolute Gasteiger partial charge is 0.399 e. The van der Waals surface area contributed by atoms with E-state index < -0.39 is 30.2 Å². The van der Waals surface area contributed by atoms with Crippen molar-refractivity contribution in [1.82, 2.24) is 0 Å². The number of hydrogen-bond donors (Lipinski definition) is 4. The van der Waals surface area contributed by atoms with Gasteiger partial charge in [-0.05, 0) is 29.8 Å². The molecule has 1 aliphatic carbocycles. The van der Waals surface area contributed by atoms with Gasteiger partial charge in [-0.25, -0.2) is 0 Å². The summed E-state index contributed by atoms with van der Waals surface area (Å²) < 4.78 is 63.2. The maximum atomic E-state index is 11.8. The lowest BCUT2D eigenvalue weighted by molar-refractivity contribution is 0.428. The van der Waals surface area contributed by atoms with Gasteiger partial charge in [0, 0.05) is 17.3 Å². The third-order valence-corrected chi connectivity index (χ3v) is 7.00. The molecule has 6 N–H and O–H groups in total. The second kappa shape index (κ2) is 5.09. The van der Waals surface area contributed by atoms with Gasteiger partial charge in [0.1, 0.15) is 0 Å². The van der Waals surface area contributed by atoms with Gasteiger partial charge in [0.05, 0.1) is 0 Å². The SMILES string of the molecule is NC1=CC(S(=O)(=O)O)(S(=O)(=O)O)C(c2ccc(N)cc2)C=C1. The molecule has 120 valence electrons. The van der Waals surface area contributed by atoms with Crippen LogP contribution in [0.3, 0.4) is 0 Å². The van der Waals surface area contributed by atoms with Crippen molar-refractivity contribution in [3.05, 3.63) is 53.8 Å². The molecule has 1 unspecified atom stereocenters. The number of nitrogens with two attached hydrogens (primary N) is 2. The van der Waals surface area contributed by atoms with Crippen LogP contribution in [0.4, 0.5) is 5.69 Å². The summed E-state index contributed by atoms with van der Waals surface area (Å²) in [5, 5.41) is 0. The Morgan fingerprint density at radius 1 is 0.955 bits per heavy atom. The first-order valence-electron chi connectivity index (χ1n) is 5.95. The number of benzene rings is 1. The number of rotatable bonds is 3. The molecule has 1 aromatic carbocycles. The zero-order valence-corrected chi connectivity index (χ0v) is 12.8. The van der Waals surface area contributed by atoms with Gasteiger partial charge in [-0.2, -0.15) is 16.8 Å². The van der Waals surface area contributed by atoms with Crippen LogP contribution in [0.2, 0.25) is 0 Å². The van der Waals surface area contributed by atoms with E-state index in [1.807, 2.05) is 0 Å². The molecule has 0 spiro atoms. The lowest BCUT2D eigenvalue weighted by Gasteiger charge is -2.33. The van der Waals surface area contributed by atoms with E-state index in [1.165, 1.54) is 36.4 Å². The molecule has 0 amide bonds. The molecule has 0 saturated heterocycles. The van der Waals surface area contributed by atoms with Crippen LogP contribution in [0, 0.1) is 0 Å². The Labute approximate surface area is 127 Å². The van der Waals surface area contributed by atoms with E-state index in [4.69, 9.17) is 11.5 Å². The Morgan fingerprint density at radius 3 is 1.91 bits per heavy atom. The van der Waals surface area contributed by atoms with Crippen LogP contribution in [0.1, 0.15) is 11.5 Å². The molecule has 1 atom stereocenters. The zero-order chi connectivity index (χ0) is 16.8. The zero-order valence-electron chi connectivity index (χ0n) is 11.1. The smallest absolute Gasteiger partial charge is 0.292 e. The Kier molecular flexibility index (Phi) is 3.81. The molecule has 8 nitrogen and oxygen atoms in total. The maximum absolute atomic E-state index is 11.8. The van der Waals surface area contributed by atoms with E-state index in [0.29, 0.717) is 11.8 Å². The van der Waals surface area contributed by atoms with Gasteiger partial charge < -0.3 is 11.5 Å². The summed E-state index contributed by atoms with van der Waals surface area (Å²) in [4.78, 5) is 0. The van der Waals surface area contributed by atoms with Crippen LogP contribution in [0.15, 0.2) is 48.2 Å². The number of allylic oxidation sites excluding steroid dienone is 2. The van der Waals surface area contributed by atoms with Crippen LogP contribution in [-0.4, -0.2) is 30.0 Å². The van der Waals surface area contributed by atoms with Gasteiger partial charge in [-0.1, -0.05) is 18.2 Å². The van der Waals surface area contributed by atoms with Crippen molar-refractivity contribution < 1.29 is 25.9 Å². The highest BCUT2D eigenvalue weighted by molar-refractivity contribution is 8.05. The van der Waals surface area contributed by atoms with Crippen molar-refractivity contribution >= 4 is 25.9 Å². The Hall–Kier alpha value is -1.88. The van der Waals surface area contributed by atoms with E-state index in [2.05, 4.69) is 0 Å². The van der Waals surface area contributed by atoms with E-state index in [0.717, 1.165) is 0 Å². The van der Waals surface area contributed by atoms with Crippen LogP contribution in [0.25, 0.3) is 0 Å². The summed E-state index contributed by atoms with van der Waals surface area (Å²) in [5.41, 5.74) is 11.4. The third kappa shape index (κ3) is 2.50. The minimum atomic E-state index is -5.26. The summed E-state index contributed by atoms with van der Waals surface area (Å²) in [6.07, 6.45) is 3.08. The Morgan fingerprint density at radius 2 is 1.45 bits per heavy atom. The second-order valence-electron chi connectivity index (χ2n) is 4.82. The molecule has 0 bridgehead atoms. The van der Waals surface area contributed by atoms with Crippen molar-refractivity contribution in [3.63, 3.8) is 0 Å². The molecule has 0 aromatic heterocycles. The highest BCUT2D eigenvalue weighted by Gasteiger charge is 2.59. The Balaban J connectivity index is 2.82. The quantitative estimate of drug-likeness (QED) is 0.447. The van der Waals surface area contributed by atoms with Gasteiger partial charge in [0.25, 0.3) is 24.3 Å². The predicted octanol–water partition coefficient (Wildman–Crippen LogP) is 0.237. The molecule has 0 fully saturated rings. The van der Waals surface area contributed by atoms with Crippen LogP contribution in [-0.2, 0) is 20.2 Å². The van der Waals surface area contributed by atoms with E-state index in [1.54, 1.807) is 0 Å². The molecule has 0 saturated carbocycles. The average molecular weight is 346 g/mol. The standard InChI is InChI=1S/C12H14N2O6S2/c13-9-3-1-8(2-4-9)11-6-5-10(14)7-12(11,21(15,16)17)22(18,19)20/h1-7,11H,13-14H2,(H,15,16,17)(H,18,19,20). The molecule has 2 rings (SSSR count). The predicted molar refractivity (Wildman–Crippen MR) is 80.8 cm³/mol.